The molecular formula is C17H15N3O2. The summed E-state index contributed by atoms with van der Waals surface area (Å²) in [7, 11) is 0. The average molecular weight is 293 g/mol. The molecule has 0 unspecified atom stereocenters. The Bertz CT molecular complexity index is 754. The lowest BCUT2D eigenvalue weighted by Crippen LogP contribution is -2.39. The van der Waals surface area contributed by atoms with Gasteiger partial charge in [0.25, 0.3) is 0 Å². The predicted octanol–water partition coefficient (Wildman–Crippen LogP) is 1.36. The predicted molar refractivity (Wildman–Crippen MR) is 84.9 cm³/mol. The number of anilines is 1. The molecule has 0 saturated heterocycles. The van der Waals surface area contributed by atoms with E-state index in [0.29, 0.717) is 5.69 Å². The molecule has 1 heterocycles. The molecule has 2 amide bonds. The van der Waals surface area contributed by atoms with Crippen LogP contribution >= 0.6 is 0 Å². The Morgan fingerprint density at radius 1 is 1.09 bits per heavy atom. The monoisotopic (exact) mass is 293 g/mol. The molecule has 0 spiro atoms. The normalized spacial score (nSPS) is 14.1. The number of amides is 2. The molecule has 5 nitrogen and oxygen atoms in total. The topological polar surface area (TPSA) is 75.8 Å². The number of aliphatic imine (C=N–C) groups is 1. The number of benzodiazepines with no additional fused rings is 1. The van der Waals surface area contributed by atoms with Crippen LogP contribution in [0.25, 0.3) is 0 Å². The fourth-order valence-electron chi connectivity index (χ4n) is 2.53. The Balaban J connectivity index is 2.14. The summed E-state index contributed by atoms with van der Waals surface area (Å²) in [6.07, 6.45) is 0. The van der Waals surface area contributed by atoms with Gasteiger partial charge < -0.3 is 10.6 Å². The number of hydrogen-bond donors (Lipinski definition) is 1. The van der Waals surface area contributed by atoms with Crippen LogP contribution in [0, 0.1) is 0 Å². The van der Waals surface area contributed by atoms with Gasteiger partial charge in [-0.25, -0.2) is 0 Å². The van der Waals surface area contributed by atoms with E-state index >= 15 is 0 Å². The Labute approximate surface area is 128 Å². The Hall–Kier alpha value is -2.95. The summed E-state index contributed by atoms with van der Waals surface area (Å²) >= 11 is 0. The molecule has 0 atom stereocenters. The van der Waals surface area contributed by atoms with E-state index in [1.54, 1.807) is 6.07 Å². The first-order chi connectivity index (χ1) is 10.7. The quantitative estimate of drug-likeness (QED) is 0.927. The molecule has 0 fully saturated rings. The summed E-state index contributed by atoms with van der Waals surface area (Å²) in [6, 6.07) is 17.1. The van der Waals surface area contributed by atoms with E-state index in [-0.39, 0.29) is 19.0 Å². The van der Waals surface area contributed by atoms with Crippen molar-refractivity contribution in [1.82, 2.24) is 0 Å². The standard InChI is InChI=1S/C17H15N3O2/c18-15(21)11-20-14-9-5-4-8-13(14)17(19-10-16(20)22)12-6-2-1-3-7-12/h1-9H,10-11H2,(H2,18,21). The second kappa shape index (κ2) is 5.81. The van der Waals surface area contributed by atoms with Crippen LogP contribution in [0.5, 0.6) is 0 Å². The summed E-state index contributed by atoms with van der Waals surface area (Å²) in [5.74, 6) is -0.788. The molecule has 110 valence electrons. The van der Waals surface area contributed by atoms with Crippen LogP contribution in [-0.4, -0.2) is 30.6 Å². The lowest BCUT2D eigenvalue weighted by molar-refractivity contribution is -0.121. The first-order valence-corrected chi connectivity index (χ1v) is 6.95. The van der Waals surface area contributed by atoms with Gasteiger partial charge in [-0.1, -0.05) is 48.5 Å². The smallest absolute Gasteiger partial charge is 0.249 e. The molecule has 0 saturated carbocycles. The highest BCUT2D eigenvalue weighted by atomic mass is 16.2. The number of para-hydroxylation sites is 1. The second-order valence-electron chi connectivity index (χ2n) is 4.99. The minimum atomic E-state index is -0.550. The molecule has 0 aromatic heterocycles. The van der Waals surface area contributed by atoms with E-state index < -0.39 is 5.91 Å². The van der Waals surface area contributed by atoms with Gasteiger partial charge in [0.1, 0.15) is 13.1 Å². The van der Waals surface area contributed by atoms with E-state index in [1.165, 1.54) is 4.90 Å². The highest BCUT2D eigenvalue weighted by molar-refractivity contribution is 6.20. The van der Waals surface area contributed by atoms with Gasteiger partial charge in [-0.3, -0.25) is 14.6 Å². The van der Waals surface area contributed by atoms with Crippen LogP contribution in [0.1, 0.15) is 11.1 Å². The number of nitrogens with zero attached hydrogens (tertiary/aromatic N) is 2. The average Bonchev–Trinajstić information content (AvgIpc) is 2.66. The highest BCUT2D eigenvalue weighted by Crippen LogP contribution is 2.26. The first kappa shape index (κ1) is 14.0. The molecule has 5 heteroatoms. The number of hydrogen-bond acceptors (Lipinski definition) is 3. The van der Waals surface area contributed by atoms with Crippen LogP contribution in [0.4, 0.5) is 5.69 Å². The van der Waals surface area contributed by atoms with Crippen molar-refractivity contribution in [1.29, 1.82) is 0 Å². The summed E-state index contributed by atoms with van der Waals surface area (Å²) in [4.78, 5) is 29.4. The third-order valence-corrected chi connectivity index (χ3v) is 3.48. The van der Waals surface area contributed by atoms with Gasteiger partial charge >= 0.3 is 0 Å². The van der Waals surface area contributed by atoms with Gasteiger partial charge in [-0.15, -0.1) is 0 Å². The summed E-state index contributed by atoms with van der Waals surface area (Å²) < 4.78 is 0. The summed E-state index contributed by atoms with van der Waals surface area (Å²) in [6.45, 7) is -0.153. The third kappa shape index (κ3) is 2.61. The van der Waals surface area contributed by atoms with Crippen LogP contribution in [0.3, 0.4) is 0 Å². The fraction of sp³-hybridized carbons (Fsp3) is 0.118. The molecule has 0 bridgehead atoms. The third-order valence-electron chi connectivity index (χ3n) is 3.48. The van der Waals surface area contributed by atoms with Crippen LogP contribution in [0.2, 0.25) is 0 Å². The van der Waals surface area contributed by atoms with Crippen LogP contribution in [-0.2, 0) is 9.59 Å². The molecule has 22 heavy (non-hydrogen) atoms. The van der Waals surface area contributed by atoms with E-state index in [0.717, 1.165) is 16.8 Å². The Kier molecular flexibility index (Phi) is 3.70. The zero-order valence-corrected chi connectivity index (χ0v) is 11.9. The number of fused-ring (bicyclic) bond motifs is 1. The molecule has 1 aliphatic heterocycles. The largest absolute Gasteiger partial charge is 0.368 e. The Morgan fingerprint density at radius 3 is 2.50 bits per heavy atom. The number of nitrogens with two attached hydrogens (primary N) is 1. The van der Waals surface area contributed by atoms with Gasteiger partial charge in [0.2, 0.25) is 11.8 Å². The first-order valence-electron chi connectivity index (χ1n) is 6.95. The van der Waals surface area contributed by atoms with E-state index in [4.69, 9.17) is 5.73 Å². The molecule has 1 aliphatic rings. The summed E-state index contributed by atoms with van der Waals surface area (Å²) in [5.41, 5.74) is 8.43. The zero-order chi connectivity index (χ0) is 15.5. The van der Waals surface area contributed by atoms with Crippen molar-refractivity contribution < 1.29 is 9.59 Å². The molecular weight excluding hydrogens is 278 g/mol. The number of carbonyl (C=O) groups excluding carboxylic acids is 2. The van der Waals surface area contributed by atoms with Crippen molar-refractivity contribution in [3.8, 4) is 0 Å². The van der Waals surface area contributed by atoms with E-state index in [2.05, 4.69) is 4.99 Å². The number of benzene rings is 2. The minimum absolute atomic E-state index is 0.00775. The van der Waals surface area contributed by atoms with Gasteiger partial charge in [0.15, 0.2) is 0 Å². The van der Waals surface area contributed by atoms with Crippen molar-refractivity contribution in [2.45, 2.75) is 0 Å². The maximum atomic E-state index is 12.3. The van der Waals surface area contributed by atoms with Crippen molar-refractivity contribution in [2.75, 3.05) is 18.0 Å². The van der Waals surface area contributed by atoms with Crippen molar-refractivity contribution in [3.63, 3.8) is 0 Å². The van der Waals surface area contributed by atoms with Gasteiger partial charge in [0.05, 0.1) is 11.4 Å². The van der Waals surface area contributed by atoms with Crippen LogP contribution < -0.4 is 10.6 Å². The molecule has 0 radical (unpaired) electrons. The maximum absolute atomic E-state index is 12.3. The number of primary amides is 1. The maximum Gasteiger partial charge on any atom is 0.249 e. The fourth-order valence-corrected chi connectivity index (χ4v) is 2.53. The molecule has 2 aromatic rings. The minimum Gasteiger partial charge on any atom is -0.368 e. The second-order valence-corrected chi connectivity index (χ2v) is 4.99. The van der Waals surface area contributed by atoms with Gasteiger partial charge in [0, 0.05) is 11.1 Å². The number of carbonyl (C=O) groups is 2. The number of rotatable bonds is 3. The lowest BCUT2D eigenvalue weighted by Gasteiger charge is -2.21. The summed E-state index contributed by atoms with van der Waals surface area (Å²) in [5, 5.41) is 0. The van der Waals surface area contributed by atoms with Crippen molar-refractivity contribution in [3.05, 3.63) is 65.7 Å². The molecule has 2 aromatic carbocycles. The molecule has 3 rings (SSSR count). The van der Waals surface area contributed by atoms with Crippen molar-refractivity contribution >= 4 is 23.2 Å². The Morgan fingerprint density at radius 2 is 1.77 bits per heavy atom. The SMILES string of the molecule is NC(=O)CN1C(=O)CN=C(c2ccccc2)c2ccccc21. The zero-order valence-electron chi connectivity index (χ0n) is 11.9. The molecule has 0 aliphatic carbocycles. The van der Waals surface area contributed by atoms with Crippen molar-refractivity contribution in [2.24, 2.45) is 10.7 Å². The highest BCUT2D eigenvalue weighted by Gasteiger charge is 2.25. The van der Waals surface area contributed by atoms with Gasteiger partial charge in [-0.2, -0.15) is 0 Å². The van der Waals surface area contributed by atoms with Gasteiger partial charge in [-0.05, 0) is 6.07 Å². The van der Waals surface area contributed by atoms with Crippen LogP contribution in [0.15, 0.2) is 59.6 Å². The molecule has 2 N–H and O–H groups in total. The van der Waals surface area contributed by atoms with E-state index in [1.807, 2.05) is 48.5 Å². The lowest BCUT2D eigenvalue weighted by atomic mass is 10.0. The van der Waals surface area contributed by atoms with E-state index in [9.17, 15) is 9.59 Å².